The minimum Gasteiger partial charge on any atom is -0.476 e. The zero-order valence-electron chi connectivity index (χ0n) is 10.5. The molecule has 1 fully saturated rings. The van der Waals surface area contributed by atoms with Crippen LogP contribution >= 0.6 is 11.3 Å². The third-order valence-electron chi connectivity index (χ3n) is 3.01. The van der Waals surface area contributed by atoms with Crippen molar-refractivity contribution < 1.29 is 23.1 Å². The summed E-state index contributed by atoms with van der Waals surface area (Å²) in [5.74, 6) is -1.82. The van der Waals surface area contributed by atoms with Crippen molar-refractivity contribution in [3.8, 4) is 0 Å². The highest BCUT2D eigenvalue weighted by atomic mass is 32.2. The first-order valence-electron chi connectivity index (χ1n) is 6.03. The third kappa shape index (κ3) is 3.76. The predicted molar refractivity (Wildman–Crippen MR) is 72.5 cm³/mol. The van der Waals surface area contributed by atoms with E-state index in [0.29, 0.717) is 24.4 Å². The summed E-state index contributed by atoms with van der Waals surface area (Å²) < 4.78 is 22.5. The van der Waals surface area contributed by atoms with Crippen molar-refractivity contribution in [1.29, 1.82) is 0 Å². The average molecular weight is 318 g/mol. The monoisotopic (exact) mass is 318 g/mol. The van der Waals surface area contributed by atoms with Crippen LogP contribution in [0.15, 0.2) is 5.38 Å². The number of nitrogens with zero attached hydrogens (tertiary/aromatic N) is 1. The summed E-state index contributed by atoms with van der Waals surface area (Å²) in [4.78, 5) is 26.3. The number of hydrogen-bond acceptors (Lipinski definition) is 6. The van der Waals surface area contributed by atoms with E-state index < -0.39 is 21.7 Å². The van der Waals surface area contributed by atoms with Crippen LogP contribution < -0.4 is 5.32 Å². The van der Waals surface area contributed by atoms with Gasteiger partial charge in [0, 0.05) is 18.3 Å². The number of aromatic carboxylic acids is 1. The minimum atomic E-state index is -3.06. The lowest BCUT2D eigenvalue weighted by atomic mass is 10.1. The second-order valence-corrected chi connectivity index (χ2v) is 7.74. The molecule has 1 aromatic rings. The zero-order valence-corrected chi connectivity index (χ0v) is 12.2. The molecule has 2 heterocycles. The van der Waals surface area contributed by atoms with Gasteiger partial charge in [-0.05, 0) is 6.42 Å². The van der Waals surface area contributed by atoms with E-state index in [-0.39, 0.29) is 23.1 Å². The standard InChI is InChI=1S/C11H14N2O5S2/c14-10(7-2-4-20(17,18)6-7)12-3-1-9-13-8(5-19-9)11(15)16/h5,7H,1-4,6H2,(H,12,14)(H,15,16). The third-order valence-corrected chi connectivity index (χ3v) is 5.69. The SMILES string of the molecule is O=C(O)c1csc(CCNC(=O)C2CCS(=O)(=O)C2)n1. The number of hydrogen-bond donors (Lipinski definition) is 2. The first-order chi connectivity index (χ1) is 9.37. The van der Waals surface area contributed by atoms with Gasteiger partial charge in [-0.3, -0.25) is 4.79 Å². The molecule has 1 aromatic heterocycles. The maximum Gasteiger partial charge on any atom is 0.355 e. The summed E-state index contributed by atoms with van der Waals surface area (Å²) in [6.45, 7) is 0.321. The Kier molecular flexibility index (Phi) is 4.39. The molecule has 1 amide bonds. The van der Waals surface area contributed by atoms with Crippen LogP contribution in [0.2, 0.25) is 0 Å². The van der Waals surface area contributed by atoms with Gasteiger partial charge in [-0.1, -0.05) is 0 Å². The molecule has 1 aliphatic rings. The highest BCUT2D eigenvalue weighted by Gasteiger charge is 2.32. The second-order valence-electron chi connectivity index (χ2n) is 4.57. The van der Waals surface area contributed by atoms with Crippen LogP contribution in [0.5, 0.6) is 0 Å². The van der Waals surface area contributed by atoms with E-state index in [4.69, 9.17) is 5.11 Å². The molecule has 0 bridgehead atoms. The molecule has 20 heavy (non-hydrogen) atoms. The van der Waals surface area contributed by atoms with E-state index in [1.807, 2.05) is 0 Å². The first kappa shape index (κ1) is 14.9. The van der Waals surface area contributed by atoms with E-state index >= 15 is 0 Å². The minimum absolute atomic E-state index is 0.00165. The molecule has 1 unspecified atom stereocenters. The van der Waals surface area contributed by atoms with E-state index in [1.54, 1.807) is 0 Å². The number of carbonyl (C=O) groups is 2. The van der Waals surface area contributed by atoms with Crippen LogP contribution in [-0.2, 0) is 21.1 Å². The summed E-state index contributed by atoms with van der Waals surface area (Å²) in [6.07, 6.45) is 0.803. The Morgan fingerprint density at radius 1 is 1.50 bits per heavy atom. The van der Waals surface area contributed by atoms with Crippen LogP contribution in [0.3, 0.4) is 0 Å². The van der Waals surface area contributed by atoms with Gasteiger partial charge in [0.2, 0.25) is 5.91 Å². The van der Waals surface area contributed by atoms with Gasteiger partial charge in [0.1, 0.15) is 0 Å². The number of carboxylic acids is 1. The van der Waals surface area contributed by atoms with Crippen molar-refractivity contribution in [3.63, 3.8) is 0 Å². The maximum atomic E-state index is 11.8. The van der Waals surface area contributed by atoms with Gasteiger partial charge in [-0.25, -0.2) is 18.2 Å². The molecule has 9 heteroatoms. The second kappa shape index (κ2) is 5.88. The van der Waals surface area contributed by atoms with Crippen LogP contribution in [0, 0.1) is 5.92 Å². The van der Waals surface area contributed by atoms with E-state index in [2.05, 4.69) is 10.3 Å². The van der Waals surface area contributed by atoms with Crippen LogP contribution in [0.4, 0.5) is 0 Å². The highest BCUT2D eigenvalue weighted by Crippen LogP contribution is 2.18. The Morgan fingerprint density at radius 2 is 2.25 bits per heavy atom. The van der Waals surface area contributed by atoms with Crippen LogP contribution in [0.25, 0.3) is 0 Å². The van der Waals surface area contributed by atoms with Crippen molar-refractivity contribution >= 4 is 33.1 Å². The number of amides is 1. The quantitative estimate of drug-likeness (QED) is 0.786. The fourth-order valence-corrected chi connectivity index (χ4v) is 4.48. The van der Waals surface area contributed by atoms with Gasteiger partial charge in [0.05, 0.1) is 22.4 Å². The van der Waals surface area contributed by atoms with Crippen molar-refractivity contribution in [2.24, 2.45) is 5.92 Å². The molecule has 0 saturated carbocycles. The van der Waals surface area contributed by atoms with Gasteiger partial charge in [-0.2, -0.15) is 0 Å². The Labute approximate surface area is 119 Å². The summed E-state index contributed by atoms with van der Waals surface area (Å²) in [5.41, 5.74) is -0.00165. The Bertz CT molecular complexity index is 623. The first-order valence-corrected chi connectivity index (χ1v) is 8.73. The lowest BCUT2D eigenvalue weighted by Gasteiger charge is -2.08. The number of carbonyl (C=O) groups excluding carboxylic acids is 1. The molecule has 0 radical (unpaired) electrons. The molecular formula is C11H14N2O5S2. The largest absolute Gasteiger partial charge is 0.476 e. The summed E-state index contributed by atoms with van der Waals surface area (Å²) in [7, 11) is -3.06. The number of aromatic nitrogens is 1. The molecule has 2 rings (SSSR count). The average Bonchev–Trinajstić information content (AvgIpc) is 2.95. The lowest BCUT2D eigenvalue weighted by Crippen LogP contribution is -2.32. The van der Waals surface area contributed by atoms with Gasteiger partial charge in [0.25, 0.3) is 0 Å². The normalized spacial score (nSPS) is 20.7. The Balaban J connectivity index is 1.78. The molecular weight excluding hydrogens is 304 g/mol. The highest BCUT2D eigenvalue weighted by molar-refractivity contribution is 7.91. The van der Waals surface area contributed by atoms with E-state index in [1.165, 1.54) is 16.7 Å². The molecule has 0 aliphatic carbocycles. The Hall–Kier alpha value is -1.48. The van der Waals surface area contributed by atoms with Crippen molar-refractivity contribution in [3.05, 3.63) is 16.1 Å². The molecule has 2 N–H and O–H groups in total. The number of thiazole rings is 1. The molecule has 7 nitrogen and oxygen atoms in total. The molecule has 0 spiro atoms. The fraction of sp³-hybridized carbons (Fsp3) is 0.545. The lowest BCUT2D eigenvalue weighted by molar-refractivity contribution is -0.124. The van der Waals surface area contributed by atoms with Gasteiger partial charge in [-0.15, -0.1) is 11.3 Å². The summed E-state index contributed by atoms with van der Waals surface area (Å²) >= 11 is 1.22. The molecule has 1 saturated heterocycles. The fourth-order valence-electron chi connectivity index (χ4n) is 1.96. The van der Waals surface area contributed by atoms with Crippen molar-refractivity contribution in [2.75, 3.05) is 18.1 Å². The van der Waals surface area contributed by atoms with Crippen LogP contribution in [0.1, 0.15) is 21.9 Å². The number of carboxylic acid groups (broad SMARTS) is 1. The topological polar surface area (TPSA) is 113 Å². The van der Waals surface area contributed by atoms with Crippen LogP contribution in [-0.4, -0.2) is 48.4 Å². The van der Waals surface area contributed by atoms with Gasteiger partial charge in [0.15, 0.2) is 15.5 Å². The predicted octanol–water partition coefficient (Wildman–Crippen LogP) is -0.0653. The number of sulfone groups is 1. The molecule has 0 aromatic carbocycles. The number of nitrogens with one attached hydrogen (secondary N) is 1. The number of rotatable bonds is 5. The summed E-state index contributed by atoms with van der Waals surface area (Å²) in [5, 5.41) is 13.5. The molecule has 1 aliphatic heterocycles. The zero-order chi connectivity index (χ0) is 14.8. The van der Waals surface area contributed by atoms with E-state index in [9.17, 15) is 18.0 Å². The molecule has 110 valence electrons. The van der Waals surface area contributed by atoms with Gasteiger partial charge < -0.3 is 10.4 Å². The Morgan fingerprint density at radius 3 is 2.80 bits per heavy atom. The van der Waals surface area contributed by atoms with Gasteiger partial charge >= 0.3 is 5.97 Å². The van der Waals surface area contributed by atoms with Crippen molar-refractivity contribution in [2.45, 2.75) is 12.8 Å². The molecule has 1 atom stereocenters. The van der Waals surface area contributed by atoms with E-state index in [0.717, 1.165) is 0 Å². The maximum absolute atomic E-state index is 11.8. The smallest absolute Gasteiger partial charge is 0.355 e. The van der Waals surface area contributed by atoms with Crippen molar-refractivity contribution in [1.82, 2.24) is 10.3 Å². The summed E-state index contributed by atoms with van der Waals surface area (Å²) in [6, 6.07) is 0.